The number of rotatable bonds is 4. The van der Waals surface area contributed by atoms with Crippen molar-refractivity contribution in [2.75, 3.05) is 20.2 Å². The maximum atomic E-state index is 13.4. The summed E-state index contributed by atoms with van der Waals surface area (Å²) in [5.41, 5.74) is 10.8. The minimum atomic E-state index is -0.00905. The maximum absolute atomic E-state index is 13.4. The third-order valence-electron chi connectivity index (χ3n) is 7.86. The zero-order valence-corrected chi connectivity index (χ0v) is 21.1. The average molecular weight is 495 g/mol. The molecule has 1 aliphatic carbocycles. The van der Waals surface area contributed by atoms with Gasteiger partial charge in [-0.25, -0.2) is 9.97 Å². The molecule has 1 unspecified atom stereocenters. The highest BCUT2D eigenvalue weighted by atomic mass is 35.5. The number of pyridine rings is 1. The molecule has 1 aliphatic heterocycles. The molecule has 1 saturated carbocycles. The van der Waals surface area contributed by atoms with E-state index >= 15 is 0 Å². The number of hydrogen-bond donors (Lipinski definition) is 1. The molecule has 0 bridgehead atoms. The summed E-state index contributed by atoms with van der Waals surface area (Å²) in [7, 11) is 3.62. The van der Waals surface area contributed by atoms with Crippen molar-refractivity contribution in [2.45, 2.75) is 38.8 Å². The zero-order valence-electron chi connectivity index (χ0n) is 20.3. The highest BCUT2D eigenvalue weighted by molar-refractivity contribution is 6.00. The van der Waals surface area contributed by atoms with Gasteiger partial charge in [0.15, 0.2) is 5.82 Å². The Balaban J connectivity index is 0.00000253. The Kier molecular flexibility index (Phi) is 5.76. The van der Waals surface area contributed by atoms with E-state index in [0.29, 0.717) is 17.9 Å². The second kappa shape index (κ2) is 8.53. The largest absolute Gasteiger partial charge is 0.494 e. The zero-order chi connectivity index (χ0) is 23.6. The Labute approximate surface area is 210 Å². The van der Waals surface area contributed by atoms with Crippen LogP contribution in [0.5, 0.6) is 5.75 Å². The van der Waals surface area contributed by atoms with Crippen molar-refractivity contribution in [3.63, 3.8) is 0 Å². The van der Waals surface area contributed by atoms with E-state index in [1.54, 1.807) is 7.11 Å². The number of fused-ring (bicyclic) bond motifs is 2. The van der Waals surface area contributed by atoms with Crippen molar-refractivity contribution in [3.05, 3.63) is 42.1 Å². The number of benzene rings is 1. The number of nitrogens with zero attached hydrogens (tertiary/aromatic N) is 5. The van der Waals surface area contributed by atoms with E-state index in [4.69, 9.17) is 15.5 Å². The molecule has 6 rings (SSSR count). The first-order valence-electron chi connectivity index (χ1n) is 12.0. The molecule has 0 radical (unpaired) electrons. The van der Waals surface area contributed by atoms with E-state index in [2.05, 4.69) is 28.6 Å². The monoisotopic (exact) mass is 494 g/mol. The number of halogens is 1. The number of aromatic nitrogens is 4. The molecule has 1 atom stereocenters. The SMILES string of the molecule is CCn1c(-c2nc3cc(C(=O)N4CCC5(CC5)C(N)C4)cc(OC)c3n2C)cc2cccnc21.Cl. The van der Waals surface area contributed by atoms with Crippen LogP contribution in [0.4, 0.5) is 0 Å². The molecular formula is C26H31ClN6O2. The summed E-state index contributed by atoms with van der Waals surface area (Å²) in [6.07, 6.45) is 5.18. The molecule has 1 saturated heterocycles. The summed E-state index contributed by atoms with van der Waals surface area (Å²) >= 11 is 0. The highest BCUT2D eigenvalue weighted by Crippen LogP contribution is 2.53. The van der Waals surface area contributed by atoms with Gasteiger partial charge in [0.2, 0.25) is 0 Å². The number of amides is 1. The molecule has 4 heterocycles. The van der Waals surface area contributed by atoms with Crippen LogP contribution in [0.3, 0.4) is 0 Å². The third kappa shape index (κ3) is 3.58. The van der Waals surface area contributed by atoms with Gasteiger partial charge in [-0.1, -0.05) is 0 Å². The lowest BCUT2D eigenvalue weighted by molar-refractivity contribution is 0.0646. The Bertz CT molecular complexity index is 1440. The summed E-state index contributed by atoms with van der Waals surface area (Å²) in [6, 6.07) is 9.90. The second-order valence-corrected chi connectivity index (χ2v) is 9.70. The van der Waals surface area contributed by atoms with E-state index < -0.39 is 0 Å². The minimum absolute atomic E-state index is 0. The smallest absolute Gasteiger partial charge is 0.254 e. The van der Waals surface area contributed by atoms with Gasteiger partial charge in [0, 0.05) is 49.9 Å². The summed E-state index contributed by atoms with van der Waals surface area (Å²) in [5.74, 6) is 1.44. The third-order valence-corrected chi connectivity index (χ3v) is 7.86. The van der Waals surface area contributed by atoms with Gasteiger partial charge in [-0.15, -0.1) is 12.4 Å². The Morgan fingerprint density at radius 2 is 2.06 bits per heavy atom. The number of methoxy groups -OCH3 is 1. The maximum Gasteiger partial charge on any atom is 0.254 e. The lowest BCUT2D eigenvalue weighted by Gasteiger charge is -2.37. The molecule has 9 heteroatoms. The van der Waals surface area contributed by atoms with E-state index in [1.165, 1.54) is 12.8 Å². The standard InChI is InChI=1S/C26H30N6O2.ClH/c1-4-32-19(13-16-6-5-10-28-23(16)32)24-29-18-12-17(14-20(34-3)22(18)30(24)2)25(33)31-11-9-26(7-8-26)21(27)15-31;/h5-6,10,12-14,21H,4,7-9,11,15,27H2,1-3H3;1H. The molecule has 3 aromatic heterocycles. The van der Waals surface area contributed by atoms with Crippen molar-refractivity contribution >= 4 is 40.4 Å². The fourth-order valence-electron chi connectivity index (χ4n) is 5.62. The molecular weight excluding hydrogens is 464 g/mol. The van der Waals surface area contributed by atoms with Crippen LogP contribution < -0.4 is 10.5 Å². The molecule has 35 heavy (non-hydrogen) atoms. The van der Waals surface area contributed by atoms with E-state index in [1.807, 2.05) is 40.9 Å². The Morgan fingerprint density at radius 3 is 2.74 bits per heavy atom. The van der Waals surface area contributed by atoms with Gasteiger partial charge in [-0.2, -0.15) is 0 Å². The predicted molar refractivity (Wildman–Crippen MR) is 139 cm³/mol. The van der Waals surface area contributed by atoms with Crippen LogP contribution in [-0.4, -0.2) is 56.2 Å². The molecule has 2 fully saturated rings. The van der Waals surface area contributed by atoms with Gasteiger partial charge in [0.05, 0.1) is 18.3 Å². The van der Waals surface area contributed by atoms with Crippen LogP contribution in [0.2, 0.25) is 0 Å². The van der Waals surface area contributed by atoms with Crippen LogP contribution >= 0.6 is 12.4 Å². The first-order chi connectivity index (χ1) is 16.5. The van der Waals surface area contributed by atoms with E-state index in [0.717, 1.165) is 53.1 Å². The summed E-state index contributed by atoms with van der Waals surface area (Å²) in [5, 5.41) is 1.07. The summed E-state index contributed by atoms with van der Waals surface area (Å²) < 4.78 is 9.94. The summed E-state index contributed by atoms with van der Waals surface area (Å²) in [4.78, 5) is 24.9. The van der Waals surface area contributed by atoms with Crippen molar-refractivity contribution in [1.82, 2.24) is 24.0 Å². The van der Waals surface area contributed by atoms with Crippen molar-refractivity contribution in [1.29, 1.82) is 0 Å². The molecule has 4 aromatic rings. The molecule has 184 valence electrons. The van der Waals surface area contributed by atoms with Crippen LogP contribution in [0.25, 0.3) is 33.6 Å². The number of piperidine rings is 1. The van der Waals surface area contributed by atoms with E-state index in [9.17, 15) is 4.79 Å². The number of likely N-dealkylation sites (tertiary alicyclic amines) is 1. The average Bonchev–Trinajstić information content (AvgIpc) is 3.43. The van der Waals surface area contributed by atoms with Crippen LogP contribution in [-0.2, 0) is 13.6 Å². The topological polar surface area (TPSA) is 91.2 Å². The number of nitrogens with two attached hydrogens (primary N) is 1. The molecule has 1 aromatic carbocycles. The quantitative estimate of drug-likeness (QED) is 0.463. The molecule has 2 N–H and O–H groups in total. The highest BCUT2D eigenvalue weighted by Gasteiger charge is 2.50. The molecule has 8 nitrogen and oxygen atoms in total. The second-order valence-electron chi connectivity index (χ2n) is 9.70. The van der Waals surface area contributed by atoms with E-state index in [-0.39, 0.29) is 29.8 Å². The van der Waals surface area contributed by atoms with Gasteiger partial charge in [0.1, 0.15) is 16.9 Å². The minimum Gasteiger partial charge on any atom is -0.494 e. The predicted octanol–water partition coefficient (Wildman–Crippen LogP) is 3.99. The van der Waals surface area contributed by atoms with Gasteiger partial charge < -0.3 is 24.5 Å². The van der Waals surface area contributed by atoms with Crippen LogP contribution in [0, 0.1) is 5.41 Å². The number of imidazole rings is 1. The Morgan fingerprint density at radius 1 is 1.26 bits per heavy atom. The number of carbonyl (C=O) groups is 1. The first kappa shape index (κ1) is 23.6. The number of carbonyl (C=O) groups excluding carboxylic acids is 1. The number of aryl methyl sites for hydroxylation is 2. The van der Waals surface area contributed by atoms with Crippen LogP contribution in [0.1, 0.15) is 36.5 Å². The van der Waals surface area contributed by atoms with Crippen molar-refractivity contribution in [3.8, 4) is 17.3 Å². The molecule has 1 amide bonds. The fraction of sp³-hybridized carbons (Fsp3) is 0.423. The van der Waals surface area contributed by atoms with Gasteiger partial charge in [-0.3, -0.25) is 4.79 Å². The molecule has 2 aliphatic rings. The number of hydrogen-bond acceptors (Lipinski definition) is 5. The van der Waals surface area contributed by atoms with Gasteiger partial charge in [-0.05, 0) is 61.9 Å². The molecule has 1 spiro atoms. The first-order valence-corrected chi connectivity index (χ1v) is 12.0. The number of ether oxygens (including phenoxy) is 1. The lowest BCUT2D eigenvalue weighted by atomic mass is 9.88. The normalized spacial score (nSPS) is 18.7. The van der Waals surface area contributed by atoms with Gasteiger partial charge in [0.25, 0.3) is 5.91 Å². The Hall–Kier alpha value is -3.10. The summed E-state index contributed by atoms with van der Waals surface area (Å²) in [6.45, 7) is 4.24. The van der Waals surface area contributed by atoms with Crippen molar-refractivity contribution in [2.24, 2.45) is 18.2 Å². The van der Waals surface area contributed by atoms with Crippen LogP contribution in [0.15, 0.2) is 36.5 Å². The fourth-order valence-corrected chi connectivity index (χ4v) is 5.62. The van der Waals surface area contributed by atoms with Crippen molar-refractivity contribution < 1.29 is 9.53 Å². The lowest BCUT2D eigenvalue weighted by Crippen LogP contribution is -2.51. The van der Waals surface area contributed by atoms with Gasteiger partial charge >= 0.3 is 0 Å².